The zero-order chi connectivity index (χ0) is 15.1. The molecule has 1 rings (SSSR count). The van der Waals surface area contributed by atoms with Crippen LogP contribution in [0.15, 0.2) is 24.3 Å². The quantitative estimate of drug-likeness (QED) is 0.841. The molecule has 0 saturated heterocycles. The number of likely N-dealkylation sites (N-methyl/N-ethyl adjacent to an activating group) is 1. The van der Waals surface area contributed by atoms with Gasteiger partial charge < -0.3 is 15.1 Å². The maximum Gasteiger partial charge on any atom is 0.240 e. The Morgan fingerprint density at radius 1 is 1.30 bits per heavy atom. The van der Waals surface area contributed by atoms with Crippen molar-refractivity contribution in [2.24, 2.45) is 0 Å². The first kappa shape index (κ1) is 16.1. The standard InChI is InChI=1S/C14H20FN3O2/c1-11(19)18(13-6-4-5-12(15)9-13)10-14(20)16-7-8-17(2)3/h4-6,9H,7-8,10H2,1-3H3,(H,16,20). The van der Waals surface area contributed by atoms with Crippen molar-refractivity contribution in [3.05, 3.63) is 30.1 Å². The van der Waals surface area contributed by atoms with Crippen LogP contribution in [0.3, 0.4) is 0 Å². The molecule has 0 aliphatic rings. The minimum Gasteiger partial charge on any atom is -0.353 e. The molecule has 1 N–H and O–H groups in total. The number of halogens is 1. The lowest BCUT2D eigenvalue weighted by atomic mass is 10.2. The van der Waals surface area contributed by atoms with Gasteiger partial charge >= 0.3 is 0 Å². The van der Waals surface area contributed by atoms with Crippen molar-refractivity contribution in [1.82, 2.24) is 10.2 Å². The van der Waals surface area contributed by atoms with Crippen LogP contribution in [0.5, 0.6) is 0 Å². The molecule has 0 aromatic heterocycles. The number of benzene rings is 1. The second-order valence-corrected chi connectivity index (χ2v) is 4.74. The normalized spacial score (nSPS) is 10.4. The third-order valence-electron chi connectivity index (χ3n) is 2.68. The number of carbonyl (C=O) groups excluding carboxylic acids is 2. The van der Waals surface area contributed by atoms with Gasteiger partial charge in [0.2, 0.25) is 11.8 Å². The van der Waals surface area contributed by atoms with Crippen LogP contribution in [-0.4, -0.2) is 50.4 Å². The van der Waals surface area contributed by atoms with Crippen molar-refractivity contribution in [3.8, 4) is 0 Å². The Bertz CT molecular complexity index is 477. The first-order valence-electron chi connectivity index (χ1n) is 6.35. The molecule has 6 heteroatoms. The van der Waals surface area contributed by atoms with Crippen LogP contribution < -0.4 is 10.2 Å². The lowest BCUT2D eigenvalue weighted by Crippen LogP contribution is -2.41. The number of anilines is 1. The highest BCUT2D eigenvalue weighted by atomic mass is 19.1. The molecule has 0 aliphatic carbocycles. The van der Waals surface area contributed by atoms with Gasteiger partial charge in [-0.15, -0.1) is 0 Å². The van der Waals surface area contributed by atoms with Crippen molar-refractivity contribution in [3.63, 3.8) is 0 Å². The molecule has 0 spiro atoms. The van der Waals surface area contributed by atoms with E-state index in [2.05, 4.69) is 5.32 Å². The van der Waals surface area contributed by atoms with Crippen molar-refractivity contribution in [2.45, 2.75) is 6.92 Å². The highest BCUT2D eigenvalue weighted by molar-refractivity contribution is 5.97. The predicted molar refractivity (Wildman–Crippen MR) is 76.0 cm³/mol. The van der Waals surface area contributed by atoms with Gasteiger partial charge in [0.25, 0.3) is 0 Å². The minimum atomic E-state index is -0.443. The summed E-state index contributed by atoms with van der Waals surface area (Å²) < 4.78 is 13.2. The molecule has 0 fully saturated rings. The SMILES string of the molecule is CC(=O)N(CC(=O)NCCN(C)C)c1cccc(F)c1. The summed E-state index contributed by atoms with van der Waals surface area (Å²) >= 11 is 0. The lowest BCUT2D eigenvalue weighted by Gasteiger charge is -2.21. The molecule has 20 heavy (non-hydrogen) atoms. The Morgan fingerprint density at radius 3 is 2.55 bits per heavy atom. The largest absolute Gasteiger partial charge is 0.353 e. The number of rotatable bonds is 6. The fourth-order valence-corrected chi connectivity index (χ4v) is 1.65. The smallest absolute Gasteiger partial charge is 0.240 e. The average Bonchev–Trinajstić information content (AvgIpc) is 2.35. The molecule has 110 valence electrons. The van der Waals surface area contributed by atoms with E-state index in [1.807, 2.05) is 19.0 Å². The minimum absolute atomic E-state index is 0.119. The Hall–Kier alpha value is -1.95. The number of hydrogen-bond acceptors (Lipinski definition) is 3. The van der Waals surface area contributed by atoms with Crippen LogP contribution in [0.25, 0.3) is 0 Å². The van der Waals surface area contributed by atoms with Crippen LogP contribution in [0, 0.1) is 5.82 Å². The van der Waals surface area contributed by atoms with Crippen molar-refractivity contribution >= 4 is 17.5 Å². The van der Waals surface area contributed by atoms with Gasteiger partial charge in [-0.25, -0.2) is 4.39 Å². The Balaban J connectivity index is 2.64. The molecule has 1 aromatic rings. The molecular formula is C14H20FN3O2. The molecule has 0 unspecified atom stereocenters. The maximum absolute atomic E-state index is 13.2. The van der Waals surface area contributed by atoms with E-state index in [9.17, 15) is 14.0 Å². The zero-order valence-corrected chi connectivity index (χ0v) is 12.0. The molecule has 0 saturated carbocycles. The molecule has 0 bridgehead atoms. The van der Waals surface area contributed by atoms with Crippen LogP contribution in [-0.2, 0) is 9.59 Å². The van der Waals surface area contributed by atoms with Crippen molar-refractivity contribution < 1.29 is 14.0 Å². The second-order valence-electron chi connectivity index (χ2n) is 4.74. The van der Waals surface area contributed by atoms with Gasteiger partial charge in [-0.2, -0.15) is 0 Å². The summed E-state index contributed by atoms with van der Waals surface area (Å²) in [4.78, 5) is 26.6. The third kappa shape index (κ3) is 5.36. The predicted octanol–water partition coefficient (Wildman–Crippen LogP) is 0.856. The van der Waals surface area contributed by atoms with E-state index in [4.69, 9.17) is 0 Å². The van der Waals surface area contributed by atoms with E-state index in [0.29, 0.717) is 18.8 Å². The molecule has 2 amide bonds. The topological polar surface area (TPSA) is 52.7 Å². The van der Waals surface area contributed by atoms with Gasteiger partial charge in [0.05, 0.1) is 0 Å². The van der Waals surface area contributed by atoms with Gasteiger partial charge in [-0.3, -0.25) is 9.59 Å². The molecule has 1 aromatic carbocycles. The van der Waals surface area contributed by atoms with Gasteiger partial charge in [0, 0.05) is 25.7 Å². The molecule has 0 radical (unpaired) electrons. The zero-order valence-electron chi connectivity index (χ0n) is 12.0. The van der Waals surface area contributed by atoms with E-state index >= 15 is 0 Å². The van der Waals surface area contributed by atoms with E-state index in [1.54, 1.807) is 6.07 Å². The average molecular weight is 281 g/mol. The molecule has 0 aliphatic heterocycles. The van der Waals surface area contributed by atoms with Crippen molar-refractivity contribution in [2.75, 3.05) is 38.6 Å². The Kier molecular flexibility index (Phi) is 6.11. The van der Waals surface area contributed by atoms with E-state index in [1.165, 1.54) is 30.0 Å². The Labute approximate surface area is 118 Å². The monoisotopic (exact) mass is 281 g/mol. The number of amides is 2. The van der Waals surface area contributed by atoms with E-state index < -0.39 is 5.82 Å². The Morgan fingerprint density at radius 2 is 2.00 bits per heavy atom. The summed E-state index contributed by atoms with van der Waals surface area (Å²) in [5, 5.41) is 2.72. The summed E-state index contributed by atoms with van der Waals surface area (Å²) in [7, 11) is 3.81. The van der Waals surface area contributed by atoms with Crippen LogP contribution in [0.2, 0.25) is 0 Å². The molecule has 0 heterocycles. The number of carbonyl (C=O) groups is 2. The van der Waals surface area contributed by atoms with Gasteiger partial charge in [0.15, 0.2) is 0 Å². The second kappa shape index (κ2) is 7.59. The summed E-state index contributed by atoms with van der Waals surface area (Å²) in [5.41, 5.74) is 0.375. The van der Waals surface area contributed by atoms with Crippen molar-refractivity contribution in [1.29, 1.82) is 0 Å². The molecule has 0 atom stereocenters. The summed E-state index contributed by atoms with van der Waals surface area (Å²) in [6.45, 7) is 2.44. The van der Waals surface area contributed by atoms with E-state index in [0.717, 1.165) is 0 Å². The van der Waals surface area contributed by atoms with Gasteiger partial charge in [0.1, 0.15) is 12.4 Å². The fraction of sp³-hybridized carbons (Fsp3) is 0.429. The van der Waals surface area contributed by atoms with E-state index in [-0.39, 0.29) is 18.4 Å². The number of hydrogen-bond donors (Lipinski definition) is 1. The fourth-order valence-electron chi connectivity index (χ4n) is 1.65. The number of nitrogens with zero attached hydrogens (tertiary/aromatic N) is 2. The molecule has 5 nitrogen and oxygen atoms in total. The lowest BCUT2D eigenvalue weighted by molar-refractivity contribution is -0.123. The molecular weight excluding hydrogens is 261 g/mol. The maximum atomic E-state index is 13.2. The van der Waals surface area contributed by atoms with Crippen LogP contribution >= 0.6 is 0 Å². The highest BCUT2D eigenvalue weighted by Gasteiger charge is 2.15. The van der Waals surface area contributed by atoms with Gasteiger partial charge in [-0.05, 0) is 32.3 Å². The summed E-state index contributed by atoms with van der Waals surface area (Å²) in [5.74, 6) is -1.02. The first-order chi connectivity index (χ1) is 9.40. The third-order valence-corrected chi connectivity index (χ3v) is 2.68. The van der Waals surface area contributed by atoms with Gasteiger partial charge in [-0.1, -0.05) is 6.07 Å². The van der Waals surface area contributed by atoms with Crippen LogP contribution in [0.1, 0.15) is 6.92 Å². The highest BCUT2D eigenvalue weighted by Crippen LogP contribution is 2.15. The van der Waals surface area contributed by atoms with Crippen LogP contribution in [0.4, 0.5) is 10.1 Å². The summed E-state index contributed by atoms with van der Waals surface area (Å²) in [6, 6.07) is 5.62. The number of nitrogens with one attached hydrogen (secondary N) is 1. The first-order valence-corrected chi connectivity index (χ1v) is 6.35. The summed E-state index contributed by atoms with van der Waals surface area (Å²) in [6.07, 6.45) is 0.